The molecule has 0 spiro atoms. The first kappa shape index (κ1) is 16.9. The Balaban J connectivity index is 1.37. The minimum atomic E-state index is 0.133. The van der Waals surface area contributed by atoms with E-state index in [1.807, 2.05) is 29.2 Å². The largest absolute Gasteiger partial charge is 0.497 e. The smallest absolute Gasteiger partial charge is 0.318 e. The van der Waals surface area contributed by atoms with Crippen LogP contribution < -0.4 is 9.64 Å². The van der Waals surface area contributed by atoms with E-state index < -0.39 is 0 Å². The number of hydrogen-bond acceptors (Lipinski definition) is 6. The van der Waals surface area contributed by atoms with Crippen LogP contribution in [0.4, 0.5) is 6.01 Å². The Morgan fingerprint density at radius 3 is 2.42 bits per heavy atom. The summed E-state index contributed by atoms with van der Waals surface area (Å²) in [4.78, 5) is 16.6. The Hall–Kier alpha value is -2.57. The van der Waals surface area contributed by atoms with Crippen LogP contribution >= 0.6 is 0 Å². The second kappa shape index (κ2) is 7.35. The molecule has 2 aliphatic rings. The Morgan fingerprint density at radius 2 is 1.77 bits per heavy atom. The molecule has 3 heterocycles. The van der Waals surface area contributed by atoms with E-state index in [0.717, 1.165) is 63.2 Å². The molecule has 0 atom stereocenters. The van der Waals surface area contributed by atoms with E-state index in [-0.39, 0.29) is 5.92 Å². The number of benzene rings is 1. The zero-order valence-electron chi connectivity index (χ0n) is 15.1. The summed E-state index contributed by atoms with van der Waals surface area (Å²) in [7, 11) is 1.64. The lowest BCUT2D eigenvalue weighted by atomic mass is 9.95. The lowest BCUT2D eigenvalue weighted by molar-refractivity contribution is -0.135. The molecule has 0 saturated carbocycles. The van der Waals surface area contributed by atoms with Gasteiger partial charge in [0.2, 0.25) is 11.8 Å². The third-order valence-electron chi connectivity index (χ3n) is 5.28. The SMILES string of the molecule is COc1ccc(-c2nnc(N3CCC(C(=O)N4CCCC4)CC3)o2)cc1. The Labute approximate surface area is 152 Å². The molecule has 26 heavy (non-hydrogen) atoms. The lowest BCUT2D eigenvalue weighted by Gasteiger charge is -2.31. The van der Waals surface area contributed by atoms with Gasteiger partial charge in [-0.25, -0.2) is 0 Å². The van der Waals surface area contributed by atoms with Gasteiger partial charge in [0.05, 0.1) is 7.11 Å². The van der Waals surface area contributed by atoms with Gasteiger partial charge in [0.25, 0.3) is 0 Å². The topological polar surface area (TPSA) is 71.7 Å². The first-order valence-corrected chi connectivity index (χ1v) is 9.26. The molecule has 2 aromatic rings. The maximum atomic E-state index is 12.5. The first-order valence-electron chi connectivity index (χ1n) is 9.26. The summed E-state index contributed by atoms with van der Waals surface area (Å²) in [5.74, 6) is 1.75. The molecule has 0 radical (unpaired) electrons. The summed E-state index contributed by atoms with van der Waals surface area (Å²) in [5.41, 5.74) is 0.864. The first-order chi connectivity index (χ1) is 12.7. The summed E-state index contributed by atoms with van der Waals surface area (Å²) in [6.45, 7) is 3.39. The molecule has 2 aliphatic heterocycles. The van der Waals surface area contributed by atoms with Crippen molar-refractivity contribution in [1.82, 2.24) is 15.1 Å². The van der Waals surface area contributed by atoms with Crippen LogP contribution in [-0.2, 0) is 4.79 Å². The molecular weight excluding hydrogens is 332 g/mol. The number of methoxy groups -OCH3 is 1. The van der Waals surface area contributed by atoms with E-state index in [0.29, 0.717) is 17.8 Å². The van der Waals surface area contributed by atoms with Gasteiger partial charge in [-0.2, -0.15) is 0 Å². The number of rotatable bonds is 4. The summed E-state index contributed by atoms with van der Waals surface area (Å²) >= 11 is 0. The van der Waals surface area contributed by atoms with Crippen LogP contribution in [0.2, 0.25) is 0 Å². The number of likely N-dealkylation sites (tertiary alicyclic amines) is 1. The molecule has 1 aromatic heterocycles. The highest BCUT2D eigenvalue weighted by Crippen LogP contribution is 2.28. The van der Waals surface area contributed by atoms with Crippen LogP contribution in [0.25, 0.3) is 11.5 Å². The van der Waals surface area contributed by atoms with Crippen molar-refractivity contribution in [3.8, 4) is 17.2 Å². The summed E-state index contributed by atoms with van der Waals surface area (Å²) < 4.78 is 11.0. The highest BCUT2D eigenvalue weighted by molar-refractivity contribution is 5.79. The maximum Gasteiger partial charge on any atom is 0.318 e. The van der Waals surface area contributed by atoms with Crippen molar-refractivity contribution in [2.75, 3.05) is 38.2 Å². The van der Waals surface area contributed by atoms with Crippen LogP contribution in [0.1, 0.15) is 25.7 Å². The standard InChI is InChI=1S/C19H24N4O3/c1-25-16-6-4-14(5-7-16)17-20-21-19(26-17)23-12-8-15(9-13-23)18(24)22-10-2-3-11-22/h4-7,15H,2-3,8-13H2,1H3. The molecule has 0 bridgehead atoms. The fourth-order valence-corrected chi connectivity index (χ4v) is 3.71. The Morgan fingerprint density at radius 1 is 1.08 bits per heavy atom. The molecule has 7 nitrogen and oxygen atoms in total. The van der Waals surface area contributed by atoms with Crippen molar-refractivity contribution in [3.05, 3.63) is 24.3 Å². The second-order valence-electron chi connectivity index (χ2n) is 6.91. The van der Waals surface area contributed by atoms with E-state index >= 15 is 0 Å². The average Bonchev–Trinajstić information content (AvgIpc) is 3.40. The molecule has 2 saturated heterocycles. The maximum absolute atomic E-state index is 12.5. The Bertz CT molecular complexity index is 744. The number of carbonyl (C=O) groups is 1. The summed E-state index contributed by atoms with van der Waals surface area (Å²) in [6.07, 6.45) is 3.96. The minimum absolute atomic E-state index is 0.133. The molecule has 4 rings (SSSR count). The summed E-state index contributed by atoms with van der Waals surface area (Å²) in [6, 6.07) is 8.07. The highest BCUT2D eigenvalue weighted by Gasteiger charge is 2.31. The predicted octanol–water partition coefficient (Wildman–Crippen LogP) is 2.58. The van der Waals surface area contributed by atoms with Gasteiger partial charge < -0.3 is 19.0 Å². The van der Waals surface area contributed by atoms with E-state index in [2.05, 4.69) is 15.1 Å². The number of amides is 1. The predicted molar refractivity (Wildman–Crippen MR) is 97.0 cm³/mol. The van der Waals surface area contributed by atoms with Gasteiger partial charge in [-0.05, 0) is 49.9 Å². The van der Waals surface area contributed by atoms with Crippen molar-refractivity contribution >= 4 is 11.9 Å². The second-order valence-corrected chi connectivity index (χ2v) is 6.91. The number of nitrogens with zero attached hydrogens (tertiary/aromatic N) is 4. The number of carbonyl (C=O) groups excluding carboxylic acids is 1. The van der Waals surface area contributed by atoms with Crippen LogP contribution in [0, 0.1) is 5.92 Å². The average molecular weight is 356 g/mol. The van der Waals surface area contributed by atoms with Gasteiger partial charge >= 0.3 is 6.01 Å². The molecule has 138 valence electrons. The lowest BCUT2D eigenvalue weighted by Crippen LogP contribution is -2.41. The van der Waals surface area contributed by atoms with E-state index in [1.54, 1.807) is 7.11 Å². The normalized spacial score (nSPS) is 18.3. The number of hydrogen-bond donors (Lipinski definition) is 0. The molecule has 0 N–H and O–H groups in total. The zero-order valence-corrected chi connectivity index (χ0v) is 15.1. The molecular formula is C19H24N4O3. The summed E-state index contributed by atoms with van der Waals surface area (Å²) in [5, 5.41) is 8.35. The molecule has 0 unspecified atom stereocenters. The van der Waals surface area contributed by atoms with Crippen molar-refractivity contribution in [3.63, 3.8) is 0 Å². The fraction of sp³-hybridized carbons (Fsp3) is 0.526. The monoisotopic (exact) mass is 356 g/mol. The molecule has 1 amide bonds. The van der Waals surface area contributed by atoms with Gasteiger partial charge in [-0.15, -0.1) is 5.10 Å². The van der Waals surface area contributed by atoms with Gasteiger partial charge in [0.1, 0.15) is 5.75 Å². The van der Waals surface area contributed by atoms with E-state index in [4.69, 9.17) is 9.15 Å². The zero-order chi connectivity index (χ0) is 17.9. The number of anilines is 1. The third kappa shape index (κ3) is 3.38. The minimum Gasteiger partial charge on any atom is -0.497 e. The number of aromatic nitrogens is 2. The fourth-order valence-electron chi connectivity index (χ4n) is 3.71. The van der Waals surface area contributed by atoms with Gasteiger partial charge in [-0.3, -0.25) is 4.79 Å². The van der Waals surface area contributed by atoms with Gasteiger partial charge in [0.15, 0.2) is 0 Å². The molecule has 0 aliphatic carbocycles. The highest BCUT2D eigenvalue weighted by atomic mass is 16.5. The Kier molecular flexibility index (Phi) is 4.77. The van der Waals surface area contributed by atoms with Gasteiger partial charge in [-0.1, -0.05) is 5.10 Å². The van der Waals surface area contributed by atoms with E-state index in [1.165, 1.54) is 0 Å². The third-order valence-corrected chi connectivity index (χ3v) is 5.28. The van der Waals surface area contributed by atoms with E-state index in [9.17, 15) is 4.79 Å². The van der Waals surface area contributed by atoms with Crippen LogP contribution in [-0.4, -0.2) is 54.3 Å². The van der Waals surface area contributed by atoms with Crippen LogP contribution in [0.15, 0.2) is 28.7 Å². The van der Waals surface area contributed by atoms with Crippen molar-refractivity contribution in [2.45, 2.75) is 25.7 Å². The number of piperidine rings is 1. The number of ether oxygens (including phenoxy) is 1. The molecule has 1 aromatic carbocycles. The van der Waals surface area contributed by atoms with Crippen molar-refractivity contribution < 1.29 is 13.9 Å². The van der Waals surface area contributed by atoms with Crippen molar-refractivity contribution in [2.24, 2.45) is 5.92 Å². The van der Waals surface area contributed by atoms with Crippen LogP contribution in [0.5, 0.6) is 5.75 Å². The van der Waals surface area contributed by atoms with Crippen LogP contribution in [0.3, 0.4) is 0 Å². The quantitative estimate of drug-likeness (QED) is 0.838. The molecule has 2 fully saturated rings. The van der Waals surface area contributed by atoms with Gasteiger partial charge in [0, 0.05) is 37.7 Å². The van der Waals surface area contributed by atoms with Crippen molar-refractivity contribution in [1.29, 1.82) is 0 Å². The molecule has 7 heteroatoms.